The van der Waals surface area contributed by atoms with Crippen molar-refractivity contribution >= 4 is 46.9 Å². The van der Waals surface area contributed by atoms with Crippen molar-refractivity contribution in [2.45, 2.75) is 59.0 Å². The van der Waals surface area contributed by atoms with Crippen LogP contribution in [0.4, 0.5) is 11.4 Å². The number of nitrogens with one attached hydrogen (secondary N) is 2. The van der Waals surface area contributed by atoms with E-state index in [1.54, 1.807) is 11.0 Å². The van der Waals surface area contributed by atoms with Gasteiger partial charge < -0.3 is 20.4 Å². The lowest BCUT2D eigenvalue weighted by Crippen LogP contribution is -2.57. The van der Waals surface area contributed by atoms with Crippen molar-refractivity contribution in [3.63, 3.8) is 0 Å². The fourth-order valence-electron chi connectivity index (χ4n) is 6.84. The number of guanidine groups is 1. The number of piperazine rings is 1. The monoisotopic (exact) mass is 569 g/mol. The molecule has 2 aromatic rings. The van der Waals surface area contributed by atoms with E-state index < -0.39 is 0 Å². The smallest absolute Gasteiger partial charge is 0.214 e. The van der Waals surface area contributed by atoms with Gasteiger partial charge in [0.25, 0.3) is 0 Å². The number of carbonyl (C=O) groups excluding carboxylic acids is 1. The number of fused-ring (bicyclic) bond motifs is 2. The summed E-state index contributed by atoms with van der Waals surface area (Å²) in [5, 5.41) is 8.43. The lowest BCUT2D eigenvalue weighted by atomic mass is 9.45. The highest BCUT2D eigenvalue weighted by Crippen LogP contribution is 2.61. The summed E-state index contributed by atoms with van der Waals surface area (Å²) in [6.07, 6.45) is 4.04. The molecule has 2 aromatic carbocycles. The molecule has 1 saturated heterocycles. The normalized spacial score (nSPS) is 28.0. The van der Waals surface area contributed by atoms with E-state index in [4.69, 9.17) is 28.2 Å². The minimum absolute atomic E-state index is 0.346. The molecule has 4 aliphatic rings. The highest BCUT2D eigenvalue weighted by atomic mass is 35.5. The van der Waals surface area contributed by atoms with Crippen LogP contribution < -0.4 is 15.5 Å². The van der Waals surface area contributed by atoms with Crippen LogP contribution in [0.3, 0.4) is 0 Å². The Balaban J connectivity index is 1.29. The molecule has 3 saturated carbocycles. The minimum Gasteiger partial charge on any atom is -0.340 e. The van der Waals surface area contributed by atoms with Crippen LogP contribution in [0.2, 0.25) is 10.0 Å². The number of hydrogen-bond acceptors (Lipinski definition) is 3. The molecule has 0 spiro atoms. The first-order chi connectivity index (χ1) is 18.7. The summed E-state index contributed by atoms with van der Waals surface area (Å²) in [5.74, 6) is 3.08. The van der Waals surface area contributed by atoms with Crippen LogP contribution in [0.25, 0.3) is 0 Å². The lowest BCUT2D eigenvalue weighted by molar-refractivity contribution is -0.108. The standard InChI is InChI=1S/C31H41Cl2N5O/c1-20-18-37(14-12-34-20)30(36-29-16-23-15-27(21(29)2)31(23,3)4)35-25-7-9-26(10-8-25)38(19-39)13-11-22-5-6-24(32)17-28(22)33/h5-10,17,19-21,23,27,29,34H,11-16,18H2,1-4H3,(H,35,36)/t20-,21-,23+,27-,29-/m0/s1. The van der Waals surface area contributed by atoms with Gasteiger partial charge in [0.05, 0.1) is 6.04 Å². The van der Waals surface area contributed by atoms with Crippen molar-refractivity contribution in [1.29, 1.82) is 0 Å². The quantitative estimate of drug-likeness (QED) is 0.232. The van der Waals surface area contributed by atoms with Gasteiger partial charge in [0.2, 0.25) is 6.41 Å². The van der Waals surface area contributed by atoms with Gasteiger partial charge >= 0.3 is 0 Å². The van der Waals surface area contributed by atoms with Crippen molar-refractivity contribution in [2.24, 2.45) is 28.2 Å². The summed E-state index contributed by atoms with van der Waals surface area (Å²) < 4.78 is 0. The second-order valence-corrected chi connectivity index (χ2v) is 13.1. The second-order valence-electron chi connectivity index (χ2n) is 12.2. The lowest BCUT2D eigenvalue weighted by Gasteiger charge is -2.61. The zero-order valence-electron chi connectivity index (χ0n) is 23.5. The largest absolute Gasteiger partial charge is 0.340 e. The first-order valence-corrected chi connectivity index (χ1v) is 15.0. The van der Waals surface area contributed by atoms with Crippen molar-refractivity contribution in [3.05, 3.63) is 58.1 Å². The van der Waals surface area contributed by atoms with Crippen molar-refractivity contribution in [3.8, 4) is 0 Å². The van der Waals surface area contributed by atoms with Gasteiger partial charge in [-0.15, -0.1) is 0 Å². The highest BCUT2D eigenvalue weighted by molar-refractivity contribution is 6.35. The molecule has 6 nitrogen and oxygen atoms in total. The van der Waals surface area contributed by atoms with E-state index in [0.717, 1.165) is 60.8 Å². The molecule has 1 aliphatic heterocycles. The van der Waals surface area contributed by atoms with Gasteiger partial charge in [-0.2, -0.15) is 0 Å². The van der Waals surface area contributed by atoms with E-state index >= 15 is 0 Å². The number of nitrogens with zero attached hydrogens (tertiary/aromatic N) is 3. The third-order valence-corrected chi connectivity index (χ3v) is 10.1. The maximum atomic E-state index is 11.9. The Morgan fingerprint density at radius 2 is 1.95 bits per heavy atom. The third-order valence-electron chi connectivity index (χ3n) is 9.49. The van der Waals surface area contributed by atoms with E-state index in [1.807, 2.05) is 36.4 Å². The highest BCUT2D eigenvalue weighted by Gasteiger charge is 2.56. The first kappa shape index (κ1) is 28.3. The van der Waals surface area contributed by atoms with Gasteiger partial charge in [0, 0.05) is 53.6 Å². The predicted octanol–water partition coefficient (Wildman–Crippen LogP) is 6.33. The fraction of sp³-hybridized carbons (Fsp3) is 0.548. The maximum Gasteiger partial charge on any atom is 0.214 e. The molecule has 0 radical (unpaired) electrons. The molecule has 2 N–H and O–H groups in total. The van der Waals surface area contributed by atoms with E-state index in [-0.39, 0.29) is 0 Å². The molecule has 0 unspecified atom stereocenters. The summed E-state index contributed by atoms with van der Waals surface area (Å²) in [4.78, 5) is 21.4. The molecule has 0 aromatic heterocycles. The van der Waals surface area contributed by atoms with E-state index in [0.29, 0.717) is 46.4 Å². The molecular formula is C31H41Cl2N5O. The third kappa shape index (κ3) is 6.08. The number of amides is 1. The summed E-state index contributed by atoms with van der Waals surface area (Å²) in [7, 11) is 0. The van der Waals surface area contributed by atoms with E-state index in [2.05, 4.69) is 43.2 Å². The first-order valence-electron chi connectivity index (χ1n) is 14.2. The SMILES string of the molecule is C[C@@H]1[C@@H](/N=C(/Nc2ccc(N(C=O)CCc3ccc(Cl)cc3Cl)cc2)N2CCN[C@@H](C)C2)C[C@H]2C[C@@H]1C2(C)C. The molecule has 2 bridgehead atoms. The Morgan fingerprint density at radius 1 is 1.18 bits per heavy atom. The molecule has 5 atom stereocenters. The number of halogens is 2. The zero-order chi connectivity index (χ0) is 27.7. The van der Waals surface area contributed by atoms with Gasteiger partial charge in [-0.05, 0) is 91.3 Å². The number of hydrogen-bond donors (Lipinski definition) is 2. The van der Waals surface area contributed by atoms with Gasteiger partial charge in [-0.25, -0.2) is 4.99 Å². The number of anilines is 2. The Labute approximate surface area is 243 Å². The molecule has 1 heterocycles. The predicted molar refractivity (Wildman–Crippen MR) is 163 cm³/mol. The topological polar surface area (TPSA) is 60.0 Å². The second kappa shape index (κ2) is 11.7. The van der Waals surface area contributed by atoms with E-state index in [1.165, 1.54) is 12.8 Å². The average molecular weight is 571 g/mol. The molecule has 39 heavy (non-hydrogen) atoms. The minimum atomic E-state index is 0.346. The van der Waals surface area contributed by atoms with Crippen LogP contribution in [0.5, 0.6) is 0 Å². The van der Waals surface area contributed by atoms with Crippen LogP contribution in [-0.2, 0) is 11.2 Å². The van der Waals surface area contributed by atoms with Crippen molar-refractivity contribution < 1.29 is 4.79 Å². The zero-order valence-corrected chi connectivity index (χ0v) is 25.0. The van der Waals surface area contributed by atoms with Gasteiger partial charge in [0.15, 0.2) is 5.96 Å². The molecule has 1 amide bonds. The van der Waals surface area contributed by atoms with Crippen LogP contribution in [0.15, 0.2) is 47.5 Å². The van der Waals surface area contributed by atoms with E-state index in [9.17, 15) is 4.79 Å². The molecule has 3 aliphatic carbocycles. The summed E-state index contributed by atoms with van der Waals surface area (Å²) >= 11 is 12.3. The van der Waals surface area contributed by atoms with Crippen LogP contribution in [-0.4, -0.2) is 55.5 Å². The number of aliphatic imine (C=N–C) groups is 1. The Kier molecular flexibility index (Phi) is 8.46. The van der Waals surface area contributed by atoms with Crippen LogP contribution in [0.1, 0.15) is 46.1 Å². The number of carbonyl (C=O) groups is 1. The van der Waals surface area contributed by atoms with Gasteiger partial charge in [0.1, 0.15) is 0 Å². The van der Waals surface area contributed by atoms with Gasteiger partial charge in [-0.1, -0.05) is 50.0 Å². The van der Waals surface area contributed by atoms with Crippen LogP contribution in [0, 0.1) is 23.2 Å². The Morgan fingerprint density at radius 3 is 2.59 bits per heavy atom. The summed E-state index contributed by atoms with van der Waals surface area (Å²) in [5.41, 5.74) is 3.24. The maximum absolute atomic E-state index is 11.9. The van der Waals surface area contributed by atoms with Crippen LogP contribution >= 0.6 is 23.2 Å². The summed E-state index contributed by atoms with van der Waals surface area (Å²) in [6.45, 7) is 12.8. The fourth-order valence-corrected chi connectivity index (χ4v) is 7.34. The van der Waals surface area contributed by atoms with Crippen molar-refractivity contribution in [2.75, 3.05) is 36.4 Å². The molecule has 210 valence electrons. The Hall–Kier alpha value is -2.28. The summed E-state index contributed by atoms with van der Waals surface area (Å²) in [6, 6.07) is 14.3. The molecule has 8 heteroatoms. The average Bonchev–Trinajstić information content (AvgIpc) is 2.91. The van der Waals surface area contributed by atoms with Gasteiger partial charge in [-0.3, -0.25) is 4.79 Å². The Bertz CT molecular complexity index is 1200. The molecular weight excluding hydrogens is 529 g/mol. The molecule has 4 fully saturated rings. The molecule has 6 rings (SSSR count). The number of rotatable bonds is 7. The van der Waals surface area contributed by atoms with Crippen molar-refractivity contribution in [1.82, 2.24) is 10.2 Å². The number of benzene rings is 2.